The van der Waals surface area contributed by atoms with Crippen LogP contribution in [0.1, 0.15) is 43.1 Å². The Balaban J connectivity index is 0.00000218. The smallest absolute Gasteiger partial charge is 0.228 e. The molecule has 10 heteroatoms. The first-order chi connectivity index (χ1) is 14.1. The zero-order valence-corrected chi connectivity index (χ0v) is 17.7. The SMILES string of the molecule is CC(C)c1cnn2c(N[C@H]3CCc4nc[nH]c4C3)nc(-c3cncc(F)c3)nc12.S. The van der Waals surface area contributed by atoms with Crippen LogP contribution < -0.4 is 5.32 Å². The zero-order valence-electron chi connectivity index (χ0n) is 16.7. The van der Waals surface area contributed by atoms with Gasteiger partial charge in [0.2, 0.25) is 5.95 Å². The first-order valence-electron chi connectivity index (χ1n) is 9.72. The van der Waals surface area contributed by atoms with Gasteiger partial charge in [-0.05, 0) is 24.8 Å². The third kappa shape index (κ3) is 3.62. The predicted octanol–water partition coefficient (Wildman–Crippen LogP) is 3.25. The molecule has 0 saturated carbocycles. The Kier molecular flexibility index (Phi) is 5.42. The molecule has 4 heterocycles. The highest BCUT2D eigenvalue weighted by Crippen LogP contribution is 2.26. The molecule has 156 valence electrons. The minimum absolute atomic E-state index is 0. The lowest BCUT2D eigenvalue weighted by molar-refractivity contribution is 0.590. The molecule has 0 aromatic carbocycles. The average Bonchev–Trinajstić information content (AvgIpc) is 3.34. The highest BCUT2D eigenvalue weighted by molar-refractivity contribution is 7.59. The van der Waals surface area contributed by atoms with E-state index in [0.717, 1.165) is 41.9 Å². The summed E-state index contributed by atoms with van der Waals surface area (Å²) in [7, 11) is 0. The van der Waals surface area contributed by atoms with Crippen molar-refractivity contribution >= 4 is 25.1 Å². The van der Waals surface area contributed by atoms with Gasteiger partial charge in [0.1, 0.15) is 5.82 Å². The lowest BCUT2D eigenvalue weighted by atomic mass is 9.96. The van der Waals surface area contributed by atoms with Crippen molar-refractivity contribution < 1.29 is 4.39 Å². The van der Waals surface area contributed by atoms with Gasteiger partial charge in [-0.3, -0.25) is 4.98 Å². The molecule has 2 N–H and O–H groups in total. The predicted molar refractivity (Wildman–Crippen MR) is 116 cm³/mol. The molecule has 4 aromatic rings. The van der Waals surface area contributed by atoms with E-state index >= 15 is 0 Å². The van der Waals surface area contributed by atoms with Gasteiger partial charge < -0.3 is 10.3 Å². The van der Waals surface area contributed by atoms with Crippen molar-refractivity contribution in [1.82, 2.24) is 34.5 Å². The molecule has 0 bridgehead atoms. The van der Waals surface area contributed by atoms with Crippen molar-refractivity contribution in [2.75, 3.05) is 5.32 Å². The number of anilines is 1. The van der Waals surface area contributed by atoms with Crippen molar-refractivity contribution in [3.63, 3.8) is 0 Å². The van der Waals surface area contributed by atoms with E-state index in [2.05, 4.69) is 49.2 Å². The summed E-state index contributed by atoms with van der Waals surface area (Å²) in [6.45, 7) is 4.19. The minimum atomic E-state index is -0.419. The van der Waals surface area contributed by atoms with E-state index in [9.17, 15) is 4.39 Å². The Morgan fingerprint density at radius 1 is 1.23 bits per heavy atom. The number of aromatic amines is 1. The monoisotopic (exact) mass is 426 g/mol. The van der Waals surface area contributed by atoms with E-state index in [1.165, 1.54) is 12.3 Å². The van der Waals surface area contributed by atoms with Crippen LogP contribution in [0.4, 0.5) is 10.3 Å². The lowest BCUT2D eigenvalue weighted by Crippen LogP contribution is -2.29. The van der Waals surface area contributed by atoms with Gasteiger partial charge >= 0.3 is 0 Å². The van der Waals surface area contributed by atoms with Gasteiger partial charge in [0.25, 0.3) is 0 Å². The molecule has 0 unspecified atom stereocenters. The first kappa shape index (κ1) is 20.3. The van der Waals surface area contributed by atoms with E-state index in [4.69, 9.17) is 0 Å². The molecule has 1 aliphatic carbocycles. The number of pyridine rings is 1. The van der Waals surface area contributed by atoms with Gasteiger partial charge in [0.05, 0.1) is 24.4 Å². The second-order valence-corrected chi connectivity index (χ2v) is 7.66. The number of nitrogens with one attached hydrogen (secondary N) is 2. The number of hydrogen-bond donors (Lipinski definition) is 2. The number of halogens is 1. The summed E-state index contributed by atoms with van der Waals surface area (Å²) in [5.41, 5.74) is 4.54. The van der Waals surface area contributed by atoms with Crippen LogP contribution in [0.2, 0.25) is 0 Å². The normalized spacial score (nSPS) is 15.8. The number of H-pyrrole nitrogens is 1. The third-order valence-corrected chi connectivity index (χ3v) is 5.30. The fourth-order valence-corrected chi connectivity index (χ4v) is 3.77. The summed E-state index contributed by atoms with van der Waals surface area (Å²) in [6, 6.07) is 1.58. The quantitative estimate of drug-likeness (QED) is 0.520. The number of aromatic nitrogens is 7. The summed E-state index contributed by atoms with van der Waals surface area (Å²) in [6.07, 6.45) is 8.98. The Bertz CT molecular complexity index is 1180. The van der Waals surface area contributed by atoms with Crippen LogP contribution in [0.5, 0.6) is 0 Å². The van der Waals surface area contributed by atoms with Crippen LogP contribution >= 0.6 is 13.5 Å². The van der Waals surface area contributed by atoms with E-state index in [0.29, 0.717) is 17.3 Å². The zero-order chi connectivity index (χ0) is 20.0. The standard InChI is InChI=1S/C20H21FN8.H2S/c1-11(2)15-9-25-29-19(15)27-18(12-5-13(21)8-22-7-12)28-20(29)26-14-3-4-16-17(6-14)24-10-23-16;/h5,7-11,14H,3-4,6H2,1-2H3,(H,23,24)(H,26,27,28);1H2/t14-;/m0./s1. The molecule has 1 aliphatic rings. The highest BCUT2D eigenvalue weighted by Gasteiger charge is 2.23. The fraction of sp³-hybridized carbons (Fsp3) is 0.350. The van der Waals surface area contributed by atoms with Crippen LogP contribution in [-0.2, 0) is 12.8 Å². The van der Waals surface area contributed by atoms with Crippen molar-refractivity contribution in [3.8, 4) is 11.4 Å². The van der Waals surface area contributed by atoms with Crippen LogP contribution in [0.3, 0.4) is 0 Å². The molecule has 0 spiro atoms. The first-order valence-corrected chi connectivity index (χ1v) is 9.72. The maximum atomic E-state index is 13.7. The molecule has 5 rings (SSSR count). The Morgan fingerprint density at radius 3 is 2.90 bits per heavy atom. The van der Waals surface area contributed by atoms with Crippen LogP contribution in [0, 0.1) is 5.82 Å². The molecule has 4 aromatic heterocycles. The molecule has 0 radical (unpaired) electrons. The summed E-state index contributed by atoms with van der Waals surface area (Å²) < 4.78 is 15.5. The number of hydrogen-bond acceptors (Lipinski definition) is 6. The molecule has 30 heavy (non-hydrogen) atoms. The summed E-state index contributed by atoms with van der Waals surface area (Å²) in [4.78, 5) is 20.9. The molecular weight excluding hydrogens is 403 g/mol. The molecule has 1 atom stereocenters. The molecule has 8 nitrogen and oxygen atoms in total. The van der Waals surface area contributed by atoms with Crippen molar-refractivity contribution in [1.29, 1.82) is 0 Å². The number of rotatable bonds is 4. The van der Waals surface area contributed by atoms with Crippen molar-refractivity contribution in [2.24, 2.45) is 0 Å². The highest BCUT2D eigenvalue weighted by atomic mass is 32.1. The van der Waals surface area contributed by atoms with E-state index in [1.54, 1.807) is 17.0 Å². The van der Waals surface area contributed by atoms with E-state index in [-0.39, 0.29) is 25.5 Å². The van der Waals surface area contributed by atoms with E-state index in [1.807, 2.05) is 6.20 Å². The minimum Gasteiger partial charge on any atom is -0.351 e. The van der Waals surface area contributed by atoms with Crippen LogP contribution in [0.25, 0.3) is 17.0 Å². The molecular formula is C20H23FN8S. The van der Waals surface area contributed by atoms with Crippen LogP contribution in [0.15, 0.2) is 31.0 Å². The van der Waals surface area contributed by atoms with Gasteiger partial charge in [0, 0.05) is 35.5 Å². The molecule has 0 saturated heterocycles. The maximum Gasteiger partial charge on any atom is 0.228 e. The molecule has 0 fully saturated rings. The van der Waals surface area contributed by atoms with E-state index < -0.39 is 5.82 Å². The van der Waals surface area contributed by atoms with Crippen LogP contribution in [-0.4, -0.2) is 40.6 Å². The average molecular weight is 427 g/mol. The Labute approximate surface area is 179 Å². The van der Waals surface area contributed by atoms with Gasteiger partial charge in [-0.15, -0.1) is 0 Å². The molecule has 0 aliphatic heterocycles. The third-order valence-electron chi connectivity index (χ3n) is 5.30. The topological polar surface area (TPSA) is 96.7 Å². The number of imidazole rings is 1. The summed E-state index contributed by atoms with van der Waals surface area (Å²) in [5, 5.41) is 8.03. The van der Waals surface area contributed by atoms with Crippen molar-refractivity contribution in [3.05, 3.63) is 53.8 Å². The number of fused-ring (bicyclic) bond motifs is 2. The van der Waals surface area contributed by atoms with Gasteiger partial charge in [-0.1, -0.05) is 13.8 Å². The number of nitrogens with zero attached hydrogens (tertiary/aromatic N) is 6. The fourth-order valence-electron chi connectivity index (χ4n) is 3.77. The Morgan fingerprint density at radius 2 is 2.10 bits per heavy atom. The van der Waals surface area contributed by atoms with Crippen molar-refractivity contribution in [2.45, 2.75) is 45.1 Å². The Hall–Kier alpha value is -3.01. The summed E-state index contributed by atoms with van der Waals surface area (Å²) >= 11 is 0. The largest absolute Gasteiger partial charge is 0.351 e. The lowest BCUT2D eigenvalue weighted by Gasteiger charge is -2.23. The van der Waals surface area contributed by atoms with Gasteiger partial charge in [-0.2, -0.15) is 28.1 Å². The second kappa shape index (κ2) is 8.02. The molecule has 0 amide bonds. The second-order valence-electron chi connectivity index (χ2n) is 7.66. The van der Waals surface area contributed by atoms with Gasteiger partial charge in [0.15, 0.2) is 11.5 Å². The summed E-state index contributed by atoms with van der Waals surface area (Å²) in [5.74, 6) is 0.842. The maximum absolute atomic E-state index is 13.7. The number of aryl methyl sites for hydroxylation is 1. The van der Waals surface area contributed by atoms with Gasteiger partial charge in [-0.25, -0.2) is 14.4 Å².